The fraction of sp³-hybridized carbons (Fsp3) is 0.357. The first-order chi connectivity index (χ1) is 8.78. The van der Waals surface area contributed by atoms with Crippen LogP contribution in [0.2, 0.25) is 0 Å². The van der Waals surface area contributed by atoms with Crippen LogP contribution in [0.15, 0.2) is 34.9 Å². The van der Waals surface area contributed by atoms with Crippen LogP contribution in [0.1, 0.15) is 23.9 Å². The third-order valence-corrected chi connectivity index (χ3v) is 3.49. The van der Waals surface area contributed by atoms with Gasteiger partial charge >= 0.3 is 0 Å². The molecule has 0 saturated carbocycles. The van der Waals surface area contributed by atoms with Crippen molar-refractivity contribution in [2.24, 2.45) is 5.73 Å². The molecule has 2 N–H and O–H groups in total. The smallest absolute Gasteiger partial charge is 0.156 e. The van der Waals surface area contributed by atoms with Gasteiger partial charge in [0, 0.05) is 24.3 Å². The van der Waals surface area contributed by atoms with E-state index in [1.54, 1.807) is 0 Å². The number of anilines is 1. The minimum Gasteiger partial charge on any atom is -0.361 e. The van der Waals surface area contributed by atoms with Gasteiger partial charge in [0.2, 0.25) is 0 Å². The van der Waals surface area contributed by atoms with E-state index in [0.717, 1.165) is 24.4 Å². The molecule has 4 nitrogen and oxygen atoms in total. The number of rotatable bonds is 3. The van der Waals surface area contributed by atoms with Gasteiger partial charge in [0.1, 0.15) is 0 Å². The minimum atomic E-state index is 0.426. The molecule has 1 aromatic heterocycles. The van der Waals surface area contributed by atoms with Gasteiger partial charge in [-0.3, -0.25) is 0 Å². The largest absolute Gasteiger partial charge is 0.361 e. The zero-order valence-corrected chi connectivity index (χ0v) is 10.5. The lowest BCUT2D eigenvalue weighted by Gasteiger charge is -2.23. The van der Waals surface area contributed by atoms with Crippen LogP contribution in [0, 0.1) is 0 Å². The van der Waals surface area contributed by atoms with E-state index in [-0.39, 0.29) is 0 Å². The van der Waals surface area contributed by atoms with E-state index in [1.807, 2.05) is 6.07 Å². The minimum absolute atomic E-state index is 0.426. The number of nitrogens with zero attached hydrogens (tertiary/aromatic N) is 2. The molecule has 1 aromatic carbocycles. The van der Waals surface area contributed by atoms with E-state index in [0.29, 0.717) is 12.6 Å². The van der Waals surface area contributed by atoms with Gasteiger partial charge in [0.05, 0.1) is 12.2 Å². The third-order valence-electron chi connectivity index (χ3n) is 3.49. The SMILES string of the molecule is CC1Cc2ccccc2N1Cc1cc(CN)no1. The molecule has 4 heteroatoms. The topological polar surface area (TPSA) is 55.3 Å². The number of para-hydroxylation sites is 1. The molecule has 0 spiro atoms. The molecular weight excluding hydrogens is 226 g/mol. The van der Waals surface area contributed by atoms with Gasteiger partial charge in [-0.1, -0.05) is 23.4 Å². The molecule has 0 saturated heterocycles. The number of nitrogens with two attached hydrogens (primary N) is 1. The van der Waals surface area contributed by atoms with Crippen LogP contribution < -0.4 is 10.6 Å². The Hall–Kier alpha value is -1.81. The summed E-state index contributed by atoms with van der Waals surface area (Å²) in [6.07, 6.45) is 1.09. The molecule has 18 heavy (non-hydrogen) atoms. The molecule has 0 radical (unpaired) electrons. The maximum absolute atomic E-state index is 5.54. The van der Waals surface area contributed by atoms with Crippen LogP contribution >= 0.6 is 0 Å². The van der Waals surface area contributed by atoms with Gasteiger partial charge < -0.3 is 15.2 Å². The van der Waals surface area contributed by atoms with Crippen molar-refractivity contribution in [1.82, 2.24) is 5.16 Å². The van der Waals surface area contributed by atoms with Crippen LogP contribution in [-0.4, -0.2) is 11.2 Å². The number of hydrogen-bond acceptors (Lipinski definition) is 4. The lowest BCUT2D eigenvalue weighted by molar-refractivity contribution is 0.373. The second kappa shape index (κ2) is 4.46. The summed E-state index contributed by atoms with van der Waals surface area (Å²) in [5.41, 5.74) is 9.06. The molecule has 0 aliphatic carbocycles. The molecule has 94 valence electrons. The van der Waals surface area contributed by atoms with Crippen molar-refractivity contribution >= 4 is 5.69 Å². The summed E-state index contributed by atoms with van der Waals surface area (Å²) in [6, 6.07) is 11.0. The average Bonchev–Trinajstić information content (AvgIpc) is 2.96. The second-order valence-electron chi connectivity index (χ2n) is 4.80. The highest BCUT2D eigenvalue weighted by atomic mass is 16.5. The van der Waals surface area contributed by atoms with Gasteiger partial charge in [0.25, 0.3) is 0 Å². The molecule has 1 unspecified atom stereocenters. The Morgan fingerprint density at radius 1 is 1.44 bits per heavy atom. The van der Waals surface area contributed by atoms with Crippen LogP contribution in [0.25, 0.3) is 0 Å². The molecule has 2 heterocycles. The molecule has 0 fully saturated rings. The zero-order valence-electron chi connectivity index (χ0n) is 10.5. The summed E-state index contributed by atoms with van der Waals surface area (Å²) in [7, 11) is 0. The third kappa shape index (κ3) is 1.88. The van der Waals surface area contributed by atoms with E-state index in [1.165, 1.54) is 11.3 Å². The van der Waals surface area contributed by atoms with Crippen molar-refractivity contribution in [2.75, 3.05) is 4.90 Å². The number of hydrogen-bond donors (Lipinski definition) is 1. The van der Waals surface area contributed by atoms with Crippen molar-refractivity contribution in [3.05, 3.63) is 47.3 Å². The highest BCUT2D eigenvalue weighted by Crippen LogP contribution is 2.32. The van der Waals surface area contributed by atoms with E-state index in [2.05, 4.69) is 41.2 Å². The highest BCUT2D eigenvalue weighted by molar-refractivity contribution is 5.59. The van der Waals surface area contributed by atoms with E-state index < -0.39 is 0 Å². The molecule has 2 aromatic rings. The summed E-state index contributed by atoms with van der Waals surface area (Å²) in [6.45, 7) is 3.42. The first-order valence-electron chi connectivity index (χ1n) is 6.27. The van der Waals surface area contributed by atoms with Gasteiger partial charge in [-0.05, 0) is 25.0 Å². The second-order valence-corrected chi connectivity index (χ2v) is 4.80. The van der Waals surface area contributed by atoms with Gasteiger partial charge in [-0.2, -0.15) is 0 Å². The Kier molecular flexibility index (Phi) is 2.80. The van der Waals surface area contributed by atoms with Crippen molar-refractivity contribution < 1.29 is 4.52 Å². The highest BCUT2D eigenvalue weighted by Gasteiger charge is 2.26. The maximum atomic E-state index is 5.54. The van der Waals surface area contributed by atoms with Gasteiger partial charge in [-0.15, -0.1) is 0 Å². The fourth-order valence-corrected chi connectivity index (χ4v) is 2.56. The van der Waals surface area contributed by atoms with Crippen molar-refractivity contribution in [3.63, 3.8) is 0 Å². The van der Waals surface area contributed by atoms with Crippen LogP contribution in [-0.2, 0) is 19.5 Å². The average molecular weight is 243 g/mol. The standard InChI is InChI=1S/C14H17N3O/c1-10-6-11-4-2-3-5-14(11)17(10)9-13-7-12(8-15)16-18-13/h2-5,7,10H,6,8-9,15H2,1H3. The quantitative estimate of drug-likeness (QED) is 0.896. The van der Waals surface area contributed by atoms with Gasteiger partial charge in [-0.25, -0.2) is 0 Å². The lowest BCUT2D eigenvalue weighted by Crippen LogP contribution is -2.28. The molecule has 0 bridgehead atoms. The maximum Gasteiger partial charge on any atom is 0.156 e. The zero-order chi connectivity index (χ0) is 12.5. The lowest BCUT2D eigenvalue weighted by atomic mass is 10.1. The van der Waals surface area contributed by atoms with Crippen LogP contribution in [0.4, 0.5) is 5.69 Å². The van der Waals surface area contributed by atoms with Crippen molar-refractivity contribution in [3.8, 4) is 0 Å². The first kappa shape index (κ1) is 11.3. The molecular formula is C14H17N3O. The van der Waals surface area contributed by atoms with E-state index in [4.69, 9.17) is 10.3 Å². The van der Waals surface area contributed by atoms with E-state index >= 15 is 0 Å². The Morgan fingerprint density at radius 3 is 3.06 bits per heavy atom. The van der Waals surface area contributed by atoms with Crippen molar-refractivity contribution in [1.29, 1.82) is 0 Å². The fourth-order valence-electron chi connectivity index (χ4n) is 2.56. The van der Waals surface area contributed by atoms with E-state index in [9.17, 15) is 0 Å². The Bertz CT molecular complexity index is 549. The monoisotopic (exact) mass is 243 g/mol. The normalized spacial score (nSPS) is 18.1. The Labute approximate surface area is 106 Å². The summed E-state index contributed by atoms with van der Waals surface area (Å²) < 4.78 is 5.31. The predicted molar refractivity (Wildman–Crippen MR) is 70.2 cm³/mol. The van der Waals surface area contributed by atoms with Crippen molar-refractivity contribution in [2.45, 2.75) is 32.5 Å². The van der Waals surface area contributed by atoms with Crippen LogP contribution in [0.3, 0.4) is 0 Å². The molecule has 1 aliphatic heterocycles. The molecule has 1 aliphatic rings. The Balaban J connectivity index is 1.84. The number of fused-ring (bicyclic) bond motifs is 1. The number of benzene rings is 1. The summed E-state index contributed by atoms with van der Waals surface area (Å²) in [5.74, 6) is 0.874. The molecule has 1 atom stereocenters. The predicted octanol–water partition coefficient (Wildman–Crippen LogP) is 2.08. The summed E-state index contributed by atoms with van der Waals surface area (Å²) in [4.78, 5) is 2.36. The summed E-state index contributed by atoms with van der Waals surface area (Å²) in [5, 5.41) is 3.93. The molecule has 3 rings (SSSR count). The number of aromatic nitrogens is 1. The van der Waals surface area contributed by atoms with Crippen LogP contribution in [0.5, 0.6) is 0 Å². The molecule has 0 amide bonds. The summed E-state index contributed by atoms with van der Waals surface area (Å²) >= 11 is 0. The van der Waals surface area contributed by atoms with Gasteiger partial charge in [0.15, 0.2) is 5.76 Å². The Morgan fingerprint density at radius 2 is 2.28 bits per heavy atom. The first-order valence-corrected chi connectivity index (χ1v) is 6.27.